The maximum absolute atomic E-state index is 12.5. The zero-order valence-corrected chi connectivity index (χ0v) is 14.7. The number of hydrogen-bond donors (Lipinski definition) is 1. The first kappa shape index (κ1) is 17.2. The lowest BCUT2D eigenvalue weighted by atomic mass is 10.1. The molecule has 0 aliphatic carbocycles. The highest BCUT2D eigenvalue weighted by atomic mass is 32.2. The van der Waals surface area contributed by atoms with E-state index in [-0.39, 0.29) is 6.03 Å². The second kappa shape index (κ2) is 8.44. The normalized spacial score (nSPS) is 18.0. The molecular formula is C17H27N3OS. The molecule has 1 aliphatic heterocycles. The number of amides is 2. The summed E-state index contributed by atoms with van der Waals surface area (Å²) in [5, 5.41) is 3.08. The molecule has 22 heavy (non-hydrogen) atoms. The zero-order valence-electron chi connectivity index (χ0n) is 13.8. The van der Waals surface area contributed by atoms with Gasteiger partial charge in [-0.05, 0) is 43.8 Å². The maximum atomic E-state index is 12.5. The predicted octanol–water partition coefficient (Wildman–Crippen LogP) is 3.60. The van der Waals surface area contributed by atoms with Gasteiger partial charge in [-0.1, -0.05) is 26.0 Å². The van der Waals surface area contributed by atoms with Crippen LogP contribution in [0.1, 0.15) is 20.3 Å². The van der Waals surface area contributed by atoms with Crippen molar-refractivity contribution in [1.82, 2.24) is 9.80 Å². The smallest absolute Gasteiger partial charge is 0.321 e. The quantitative estimate of drug-likeness (QED) is 0.813. The van der Waals surface area contributed by atoms with E-state index in [1.165, 1.54) is 0 Å². The molecule has 1 aromatic rings. The first-order valence-corrected chi connectivity index (χ1v) is 9.08. The summed E-state index contributed by atoms with van der Waals surface area (Å²) in [7, 11) is 2.14. The van der Waals surface area contributed by atoms with E-state index >= 15 is 0 Å². The van der Waals surface area contributed by atoms with Crippen molar-refractivity contribution in [2.24, 2.45) is 5.92 Å². The molecule has 0 bridgehead atoms. The summed E-state index contributed by atoms with van der Waals surface area (Å²) in [5.41, 5.74) is 0.925. The van der Waals surface area contributed by atoms with Gasteiger partial charge in [-0.25, -0.2) is 4.79 Å². The van der Waals surface area contributed by atoms with Crippen molar-refractivity contribution >= 4 is 23.5 Å². The minimum absolute atomic E-state index is 0.0332. The second-order valence-electron chi connectivity index (χ2n) is 5.81. The third-order valence-corrected chi connectivity index (χ3v) is 5.07. The van der Waals surface area contributed by atoms with Gasteiger partial charge in [-0.15, -0.1) is 11.8 Å². The SMILES string of the molecule is CCSc1ccccc1NC(=O)N1CC[C@@H](CN(C)CC)C1. The third kappa shape index (κ3) is 4.65. The highest BCUT2D eigenvalue weighted by Gasteiger charge is 2.27. The molecule has 1 aromatic carbocycles. The fraction of sp³-hybridized carbons (Fsp3) is 0.588. The third-order valence-electron chi connectivity index (χ3n) is 4.11. The number of urea groups is 1. The van der Waals surface area contributed by atoms with Crippen LogP contribution in [0.3, 0.4) is 0 Å². The highest BCUT2D eigenvalue weighted by Crippen LogP contribution is 2.27. The first-order valence-electron chi connectivity index (χ1n) is 8.10. The molecule has 0 radical (unpaired) electrons. The van der Waals surface area contributed by atoms with E-state index in [2.05, 4.69) is 37.2 Å². The number of nitrogens with zero attached hydrogens (tertiary/aromatic N) is 2. The molecule has 4 nitrogen and oxygen atoms in total. The van der Waals surface area contributed by atoms with Gasteiger partial charge in [-0.3, -0.25) is 0 Å². The minimum atomic E-state index is 0.0332. The number of rotatable bonds is 6. The van der Waals surface area contributed by atoms with E-state index in [9.17, 15) is 4.79 Å². The Morgan fingerprint density at radius 3 is 2.91 bits per heavy atom. The average molecular weight is 321 g/mol. The maximum Gasteiger partial charge on any atom is 0.321 e. The molecule has 1 fully saturated rings. The molecule has 0 unspecified atom stereocenters. The van der Waals surface area contributed by atoms with E-state index < -0.39 is 0 Å². The number of benzene rings is 1. The Balaban J connectivity index is 1.91. The van der Waals surface area contributed by atoms with Crippen molar-refractivity contribution in [3.63, 3.8) is 0 Å². The van der Waals surface area contributed by atoms with E-state index in [0.29, 0.717) is 5.92 Å². The van der Waals surface area contributed by atoms with E-state index in [0.717, 1.165) is 48.9 Å². The molecule has 5 heteroatoms. The van der Waals surface area contributed by atoms with Crippen LogP contribution in [-0.2, 0) is 0 Å². The van der Waals surface area contributed by atoms with Crippen LogP contribution in [0.2, 0.25) is 0 Å². The van der Waals surface area contributed by atoms with E-state index in [1.807, 2.05) is 23.1 Å². The molecule has 122 valence electrons. The van der Waals surface area contributed by atoms with Crippen LogP contribution in [0.4, 0.5) is 10.5 Å². The fourth-order valence-corrected chi connectivity index (χ4v) is 3.54. The number of nitrogens with one attached hydrogen (secondary N) is 1. The fourth-order valence-electron chi connectivity index (χ4n) is 2.78. The van der Waals surface area contributed by atoms with Gasteiger partial charge in [0, 0.05) is 24.5 Å². The van der Waals surface area contributed by atoms with Crippen LogP contribution in [0.5, 0.6) is 0 Å². The van der Waals surface area contributed by atoms with E-state index in [1.54, 1.807) is 11.8 Å². The molecule has 0 spiro atoms. The van der Waals surface area contributed by atoms with Gasteiger partial charge in [0.05, 0.1) is 5.69 Å². The highest BCUT2D eigenvalue weighted by molar-refractivity contribution is 7.99. The number of carbonyl (C=O) groups excluding carboxylic acids is 1. The largest absolute Gasteiger partial charge is 0.324 e. The zero-order chi connectivity index (χ0) is 15.9. The van der Waals surface area contributed by atoms with Gasteiger partial charge in [-0.2, -0.15) is 0 Å². The van der Waals surface area contributed by atoms with Crippen LogP contribution in [0, 0.1) is 5.92 Å². The average Bonchev–Trinajstić information content (AvgIpc) is 2.98. The van der Waals surface area contributed by atoms with Crippen molar-refractivity contribution < 1.29 is 4.79 Å². The van der Waals surface area contributed by atoms with Gasteiger partial charge in [0.25, 0.3) is 0 Å². The molecule has 2 amide bonds. The molecule has 1 atom stereocenters. The summed E-state index contributed by atoms with van der Waals surface area (Å²) in [6.45, 7) is 8.14. The lowest BCUT2D eigenvalue weighted by molar-refractivity contribution is 0.218. The van der Waals surface area contributed by atoms with Crippen LogP contribution in [0.25, 0.3) is 0 Å². The van der Waals surface area contributed by atoms with Gasteiger partial charge < -0.3 is 15.1 Å². The number of anilines is 1. The molecule has 1 aliphatic rings. The summed E-state index contributed by atoms with van der Waals surface area (Å²) < 4.78 is 0. The lowest BCUT2D eigenvalue weighted by Gasteiger charge is -2.21. The Morgan fingerprint density at radius 1 is 1.41 bits per heavy atom. The van der Waals surface area contributed by atoms with Crippen molar-refractivity contribution in [2.45, 2.75) is 25.2 Å². The Kier molecular flexibility index (Phi) is 6.58. The van der Waals surface area contributed by atoms with Crippen molar-refractivity contribution in [2.75, 3.05) is 44.3 Å². The summed E-state index contributed by atoms with van der Waals surface area (Å²) in [4.78, 5) is 17.9. The Morgan fingerprint density at radius 2 is 2.18 bits per heavy atom. The van der Waals surface area contributed by atoms with Crippen LogP contribution in [0.15, 0.2) is 29.2 Å². The Hall–Kier alpha value is -1.20. The topological polar surface area (TPSA) is 35.6 Å². The second-order valence-corrected chi connectivity index (χ2v) is 7.12. The number of thioether (sulfide) groups is 1. The Labute approximate surface area is 138 Å². The lowest BCUT2D eigenvalue weighted by Crippen LogP contribution is -2.34. The summed E-state index contributed by atoms with van der Waals surface area (Å²) in [6.07, 6.45) is 1.10. The van der Waals surface area contributed by atoms with Crippen LogP contribution >= 0.6 is 11.8 Å². The van der Waals surface area contributed by atoms with Gasteiger partial charge >= 0.3 is 6.03 Å². The summed E-state index contributed by atoms with van der Waals surface area (Å²) in [5.74, 6) is 1.60. The molecule has 0 aromatic heterocycles. The summed E-state index contributed by atoms with van der Waals surface area (Å²) >= 11 is 1.76. The summed E-state index contributed by atoms with van der Waals surface area (Å²) in [6, 6.07) is 8.06. The Bertz CT molecular complexity index is 495. The number of likely N-dealkylation sites (tertiary alicyclic amines) is 1. The van der Waals surface area contributed by atoms with Crippen molar-refractivity contribution in [1.29, 1.82) is 0 Å². The first-order chi connectivity index (χ1) is 10.6. The number of carbonyl (C=O) groups is 1. The van der Waals surface area contributed by atoms with E-state index in [4.69, 9.17) is 0 Å². The molecule has 1 saturated heterocycles. The molecule has 0 saturated carbocycles. The number of para-hydroxylation sites is 1. The van der Waals surface area contributed by atoms with Crippen molar-refractivity contribution in [3.05, 3.63) is 24.3 Å². The monoisotopic (exact) mass is 321 g/mol. The number of hydrogen-bond acceptors (Lipinski definition) is 3. The molecule has 1 heterocycles. The standard InChI is InChI=1S/C17H27N3OS/c1-4-19(3)12-14-10-11-20(13-14)17(21)18-15-8-6-7-9-16(15)22-5-2/h6-9,14H,4-5,10-13H2,1-3H3,(H,18,21)/t14-/m0/s1. The molecular weight excluding hydrogens is 294 g/mol. The van der Waals surface area contributed by atoms with Crippen LogP contribution < -0.4 is 5.32 Å². The van der Waals surface area contributed by atoms with Gasteiger partial charge in [0.1, 0.15) is 0 Å². The van der Waals surface area contributed by atoms with Gasteiger partial charge in [0.2, 0.25) is 0 Å². The predicted molar refractivity (Wildman–Crippen MR) is 94.7 cm³/mol. The van der Waals surface area contributed by atoms with Crippen LogP contribution in [-0.4, -0.2) is 54.8 Å². The molecule has 2 rings (SSSR count). The van der Waals surface area contributed by atoms with Crippen molar-refractivity contribution in [3.8, 4) is 0 Å². The van der Waals surface area contributed by atoms with Gasteiger partial charge in [0.15, 0.2) is 0 Å². The minimum Gasteiger partial charge on any atom is -0.324 e. The molecule has 1 N–H and O–H groups in total.